The molecule has 0 amide bonds. The molecule has 152 valence electrons. The number of aliphatic imine (C=N–C) groups is 1. The van der Waals surface area contributed by atoms with Gasteiger partial charge in [0.1, 0.15) is 0 Å². The number of ether oxygens (including phenoxy) is 1. The van der Waals surface area contributed by atoms with E-state index in [4.69, 9.17) is 4.74 Å². The second-order valence-corrected chi connectivity index (χ2v) is 8.51. The maximum Gasteiger partial charge on any atom is 0.191 e. The lowest BCUT2D eigenvalue weighted by molar-refractivity contribution is -0.0265. The molecule has 28 heavy (non-hydrogen) atoms. The molecule has 2 N–H and O–H groups in total. The predicted octanol–water partition coefficient (Wildman–Crippen LogP) is 3.89. The summed E-state index contributed by atoms with van der Waals surface area (Å²) in [7, 11) is 1.82. The van der Waals surface area contributed by atoms with Crippen LogP contribution in [-0.2, 0) is 17.6 Å². The highest BCUT2D eigenvalue weighted by Crippen LogP contribution is 2.33. The van der Waals surface area contributed by atoms with Crippen molar-refractivity contribution < 1.29 is 4.74 Å². The zero-order valence-corrected chi connectivity index (χ0v) is 18.0. The molecule has 1 aromatic heterocycles. The van der Waals surface area contributed by atoms with Gasteiger partial charge in [0.2, 0.25) is 0 Å². The van der Waals surface area contributed by atoms with Gasteiger partial charge in [0.15, 0.2) is 5.96 Å². The van der Waals surface area contributed by atoms with E-state index in [0.29, 0.717) is 5.92 Å². The monoisotopic (exact) mass is 400 g/mol. The van der Waals surface area contributed by atoms with Crippen molar-refractivity contribution in [1.82, 2.24) is 15.6 Å². The molecular formula is C22H32N4OS. The van der Waals surface area contributed by atoms with Crippen LogP contribution in [0, 0.1) is 12.8 Å². The molecule has 2 unspecified atom stereocenters. The van der Waals surface area contributed by atoms with Gasteiger partial charge in [-0.15, -0.1) is 11.3 Å². The maximum atomic E-state index is 6.13. The number of nitrogens with one attached hydrogen (secondary N) is 2. The van der Waals surface area contributed by atoms with Crippen LogP contribution >= 0.6 is 11.3 Å². The Kier molecular flexibility index (Phi) is 7.86. The average molecular weight is 401 g/mol. The molecule has 3 rings (SSSR count). The molecule has 0 aliphatic carbocycles. The Morgan fingerprint density at radius 3 is 2.82 bits per heavy atom. The van der Waals surface area contributed by atoms with Crippen LogP contribution in [0.15, 0.2) is 35.5 Å². The standard InChI is InChI=1S/C22H32N4OS/c1-4-19-15-25-20(28-19)11-12-24-22(23-3)26-14-18-6-5-13-27-21(18)17-9-7-16(2)8-10-17/h7-10,15,18,21H,4-6,11-14H2,1-3H3,(H2,23,24,26). The van der Waals surface area contributed by atoms with Gasteiger partial charge in [0.25, 0.3) is 0 Å². The van der Waals surface area contributed by atoms with Crippen molar-refractivity contribution in [3.8, 4) is 0 Å². The number of hydrogen-bond acceptors (Lipinski definition) is 4. The van der Waals surface area contributed by atoms with Crippen molar-refractivity contribution in [3.63, 3.8) is 0 Å². The fourth-order valence-electron chi connectivity index (χ4n) is 3.54. The summed E-state index contributed by atoms with van der Waals surface area (Å²) in [4.78, 5) is 10.2. The Balaban J connectivity index is 1.49. The van der Waals surface area contributed by atoms with Crippen molar-refractivity contribution in [2.45, 2.75) is 45.6 Å². The number of guanidine groups is 1. The van der Waals surface area contributed by atoms with E-state index in [-0.39, 0.29) is 6.10 Å². The summed E-state index contributed by atoms with van der Waals surface area (Å²) in [6, 6.07) is 8.73. The molecule has 2 aromatic rings. The van der Waals surface area contributed by atoms with E-state index in [9.17, 15) is 0 Å². The van der Waals surface area contributed by atoms with E-state index in [0.717, 1.165) is 44.9 Å². The molecule has 2 heterocycles. The molecule has 0 saturated carbocycles. The lowest BCUT2D eigenvalue weighted by atomic mass is 9.89. The first kappa shape index (κ1) is 20.8. The van der Waals surface area contributed by atoms with Crippen LogP contribution in [0.2, 0.25) is 0 Å². The van der Waals surface area contributed by atoms with E-state index in [2.05, 4.69) is 58.7 Å². The minimum atomic E-state index is 0.155. The summed E-state index contributed by atoms with van der Waals surface area (Å²) >= 11 is 1.80. The Bertz CT molecular complexity index is 756. The highest BCUT2D eigenvalue weighted by molar-refractivity contribution is 7.11. The third-order valence-electron chi connectivity index (χ3n) is 5.19. The molecule has 1 aliphatic heterocycles. The predicted molar refractivity (Wildman–Crippen MR) is 117 cm³/mol. The molecule has 1 aliphatic rings. The maximum absolute atomic E-state index is 6.13. The molecule has 1 aromatic carbocycles. The minimum Gasteiger partial charge on any atom is -0.373 e. The van der Waals surface area contributed by atoms with E-state index in [1.54, 1.807) is 11.3 Å². The molecule has 1 fully saturated rings. The summed E-state index contributed by atoms with van der Waals surface area (Å²) in [5, 5.41) is 8.09. The van der Waals surface area contributed by atoms with Crippen LogP contribution < -0.4 is 10.6 Å². The van der Waals surface area contributed by atoms with Crippen LogP contribution in [-0.4, -0.2) is 37.7 Å². The molecule has 5 nitrogen and oxygen atoms in total. The van der Waals surface area contributed by atoms with Crippen molar-refractivity contribution in [1.29, 1.82) is 0 Å². The van der Waals surface area contributed by atoms with E-state index >= 15 is 0 Å². The van der Waals surface area contributed by atoms with Gasteiger partial charge in [0, 0.05) is 50.2 Å². The summed E-state index contributed by atoms with van der Waals surface area (Å²) in [5.41, 5.74) is 2.56. The van der Waals surface area contributed by atoms with Gasteiger partial charge in [-0.1, -0.05) is 36.8 Å². The molecule has 6 heteroatoms. The number of thiazole rings is 1. The first-order valence-corrected chi connectivity index (χ1v) is 11.1. The molecule has 0 bridgehead atoms. The zero-order valence-electron chi connectivity index (χ0n) is 17.2. The summed E-state index contributed by atoms with van der Waals surface area (Å²) < 4.78 is 6.13. The fraction of sp³-hybridized carbons (Fsp3) is 0.545. The van der Waals surface area contributed by atoms with Crippen molar-refractivity contribution in [2.75, 3.05) is 26.7 Å². The lowest BCUT2D eigenvalue weighted by Gasteiger charge is -2.32. The SMILES string of the molecule is CCc1cnc(CCNC(=NC)NCC2CCCOC2c2ccc(C)cc2)s1. The zero-order chi connectivity index (χ0) is 19.8. The Labute approximate surface area is 172 Å². The van der Waals surface area contributed by atoms with Gasteiger partial charge in [-0.3, -0.25) is 4.99 Å². The third kappa shape index (κ3) is 5.79. The van der Waals surface area contributed by atoms with Gasteiger partial charge >= 0.3 is 0 Å². The normalized spacial score (nSPS) is 20.2. The summed E-state index contributed by atoms with van der Waals surface area (Å²) in [6.45, 7) is 6.82. The van der Waals surface area contributed by atoms with Gasteiger partial charge in [0.05, 0.1) is 11.1 Å². The number of rotatable bonds is 7. The van der Waals surface area contributed by atoms with Crippen LogP contribution in [0.25, 0.3) is 0 Å². The minimum absolute atomic E-state index is 0.155. The first-order chi connectivity index (χ1) is 13.7. The number of aryl methyl sites for hydroxylation is 2. The second kappa shape index (κ2) is 10.6. The van der Waals surface area contributed by atoms with Crippen molar-refractivity contribution in [2.24, 2.45) is 10.9 Å². The van der Waals surface area contributed by atoms with Crippen LogP contribution in [0.3, 0.4) is 0 Å². The number of nitrogens with zero attached hydrogens (tertiary/aromatic N) is 2. The Morgan fingerprint density at radius 2 is 2.11 bits per heavy atom. The third-order valence-corrected chi connectivity index (χ3v) is 6.39. The van der Waals surface area contributed by atoms with Crippen LogP contribution in [0.5, 0.6) is 0 Å². The Hall–Kier alpha value is -1.92. The highest BCUT2D eigenvalue weighted by Gasteiger charge is 2.27. The Morgan fingerprint density at radius 1 is 1.29 bits per heavy atom. The second-order valence-electron chi connectivity index (χ2n) is 7.31. The first-order valence-electron chi connectivity index (χ1n) is 10.3. The number of hydrogen-bond donors (Lipinski definition) is 2. The van der Waals surface area contributed by atoms with Gasteiger partial charge in [-0.05, 0) is 31.7 Å². The summed E-state index contributed by atoms with van der Waals surface area (Å²) in [5.74, 6) is 1.29. The largest absolute Gasteiger partial charge is 0.373 e. The van der Waals surface area contributed by atoms with E-state index in [1.807, 2.05) is 13.2 Å². The molecule has 0 radical (unpaired) electrons. The highest BCUT2D eigenvalue weighted by atomic mass is 32.1. The van der Waals surface area contributed by atoms with Crippen LogP contribution in [0.4, 0.5) is 0 Å². The average Bonchev–Trinajstić information content (AvgIpc) is 3.19. The fourth-order valence-corrected chi connectivity index (χ4v) is 4.40. The number of aromatic nitrogens is 1. The molecular weight excluding hydrogens is 368 g/mol. The smallest absolute Gasteiger partial charge is 0.191 e. The van der Waals surface area contributed by atoms with E-state index < -0.39 is 0 Å². The van der Waals surface area contributed by atoms with Crippen molar-refractivity contribution >= 4 is 17.3 Å². The quantitative estimate of drug-likeness (QED) is 0.547. The topological polar surface area (TPSA) is 58.5 Å². The van der Waals surface area contributed by atoms with Gasteiger partial charge < -0.3 is 15.4 Å². The molecule has 1 saturated heterocycles. The molecule has 2 atom stereocenters. The summed E-state index contributed by atoms with van der Waals surface area (Å²) in [6.07, 6.45) is 6.40. The van der Waals surface area contributed by atoms with Gasteiger partial charge in [-0.25, -0.2) is 4.98 Å². The number of benzene rings is 1. The van der Waals surface area contributed by atoms with E-state index in [1.165, 1.54) is 27.4 Å². The van der Waals surface area contributed by atoms with Crippen molar-refractivity contribution in [3.05, 3.63) is 51.5 Å². The van der Waals surface area contributed by atoms with Gasteiger partial charge in [-0.2, -0.15) is 0 Å². The lowest BCUT2D eigenvalue weighted by Crippen LogP contribution is -2.42. The molecule has 0 spiro atoms. The van der Waals surface area contributed by atoms with Crippen LogP contribution in [0.1, 0.15) is 46.9 Å².